The van der Waals surface area contributed by atoms with Crippen molar-refractivity contribution in [2.45, 2.75) is 31.7 Å². The van der Waals surface area contributed by atoms with E-state index in [1.54, 1.807) is 18.3 Å². The van der Waals surface area contributed by atoms with Gasteiger partial charge in [-0.2, -0.15) is 0 Å². The third-order valence-corrected chi connectivity index (χ3v) is 3.95. The first-order chi connectivity index (χ1) is 9.16. The number of nitrogens with zero attached hydrogens (tertiary/aromatic N) is 1. The number of benzene rings is 1. The Bertz CT molecular complexity index is 609. The van der Waals surface area contributed by atoms with E-state index in [9.17, 15) is 4.39 Å². The lowest BCUT2D eigenvalue weighted by Gasteiger charge is -2.20. The number of pyridine rings is 1. The van der Waals surface area contributed by atoms with Gasteiger partial charge in [-0.3, -0.25) is 4.98 Å². The lowest BCUT2D eigenvalue weighted by molar-refractivity contribution is 0.507. The van der Waals surface area contributed by atoms with Crippen LogP contribution < -0.4 is 5.73 Å². The van der Waals surface area contributed by atoms with Crippen LogP contribution in [0.1, 0.15) is 40.8 Å². The molecule has 1 aromatic heterocycles. The standard InChI is InChI=1S/C16H17FN2/c1-10-4-6-12(14(17)9-10)15(18)13-7-5-11-3-2-8-19-16(11)13/h2-4,6,8-9,13,15H,5,7,18H2,1H3. The summed E-state index contributed by atoms with van der Waals surface area (Å²) in [5, 5.41) is 0. The van der Waals surface area contributed by atoms with Gasteiger partial charge in [-0.05, 0) is 43.0 Å². The lowest BCUT2D eigenvalue weighted by atomic mass is 9.91. The van der Waals surface area contributed by atoms with E-state index >= 15 is 0 Å². The molecule has 0 aliphatic heterocycles. The summed E-state index contributed by atoms with van der Waals surface area (Å²) in [4.78, 5) is 4.43. The van der Waals surface area contributed by atoms with Gasteiger partial charge in [0.25, 0.3) is 0 Å². The van der Waals surface area contributed by atoms with Crippen molar-refractivity contribution in [1.82, 2.24) is 4.98 Å². The van der Waals surface area contributed by atoms with Crippen LogP contribution in [0, 0.1) is 12.7 Å². The highest BCUT2D eigenvalue weighted by Gasteiger charge is 2.30. The van der Waals surface area contributed by atoms with Crippen LogP contribution in [0.2, 0.25) is 0 Å². The molecule has 1 aliphatic rings. The summed E-state index contributed by atoms with van der Waals surface area (Å²) in [6.07, 6.45) is 3.71. The highest BCUT2D eigenvalue weighted by molar-refractivity contribution is 5.34. The van der Waals surface area contributed by atoms with Crippen LogP contribution >= 0.6 is 0 Å². The number of hydrogen-bond donors (Lipinski definition) is 1. The molecule has 0 radical (unpaired) electrons. The lowest BCUT2D eigenvalue weighted by Crippen LogP contribution is -2.20. The molecule has 2 atom stereocenters. The van der Waals surface area contributed by atoms with Crippen molar-refractivity contribution in [3.63, 3.8) is 0 Å². The van der Waals surface area contributed by atoms with Gasteiger partial charge in [-0.25, -0.2) is 4.39 Å². The molecule has 19 heavy (non-hydrogen) atoms. The van der Waals surface area contributed by atoms with Crippen LogP contribution in [0.3, 0.4) is 0 Å². The molecule has 2 aromatic rings. The molecular weight excluding hydrogens is 239 g/mol. The highest BCUT2D eigenvalue weighted by Crippen LogP contribution is 2.39. The number of hydrogen-bond acceptors (Lipinski definition) is 2. The van der Waals surface area contributed by atoms with Crippen molar-refractivity contribution in [2.24, 2.45) is 5.73 Å². The molecule has 0 saturated carbocycles. The molecule has 0 amide bonds. The van der Waals surface area contributed by atoms with Gasteiger partial charge in [-0.1, -0.05) is 18.2 Å². The normalized spacial score (nSPS) is 19.2. The van der Waals surface area contributed by atoms with Crippen LogP contribution in [0.15, 0.2) is 36.5 Å². The first-order valence-corrected chi connectivity index (χ1v) is 6.62. The van der Waals surface area contributed by atoms with E-state index in [1.165, 1.54) is 5.56 Å². The van der Waals surface area contributed by atoms with Crippen LogP contribution in [-0.2, 0) is 6.42 Å². The predicted octanol–water partition coefficient (Wildman–Crippen LogP) is 3.26. The summed E-state index contributed by atoms with van der Waals surface area (Å²) < 4.78 is 14.0. The van der Waals surface area contributed by atoms with Gasteiger partial charge in [0, 0.05) is 29.4 Å². The Labute approximate surface area is 112 Å². The molecule has 0 bridgehead atoms. The van der Waals surface area contributed by atoms with Crippen LogP contribution in [-0.4, -0.2) is 4.98 Å². The maximum absolute atomic E-state index is 14.0. The Morgan fingerprint density at radius 2 is 2.21 bits per heavy atom. The van der Waals surface area contributed by atoms with Crippen molar-refractivity contribution < 1.29 is 4.39 Å². The quantitative estimate of drug-likeness (QED) is 0.895. The van der Waals surface area contributed by atoms with Crippen LogP contribution in [0.5, 0.6) is 0 Å². The predicted molar refractivity (Wildman–Crippen MR) is 73.4 cm³/mol. The Balaban J connectivity index is 1.95. The summed E-state index contributed by atoms with van der Waals surface area (Å²) in [5.74, 6) is -0.0923. The molecule has 3 heteroatoms. The number of nitrogens with two attached hydrogens (primary N) is 1. The molecule has 1 heterocycles. The highest BCUT2D eigenvalue weighted by atomic mass is 19.1. The molecular formula is C16H17FN2. The fourth-order valence-corrected chi connectivity index (χ4v) is 2.91. The van der Waals surface area contributed by atoms with Gasteiger partial charge in [0.2, 0.25) is 0 Å². The first-order valence-electron chi connectivity index (χ1n) is 6.62. The van der Waals surface area contributed by atoms with Crippen molar-refractivity contribution >= 4 is 0 Å². The second-order valence-corrected chi connectivity index (χ2v) is 5.24. The fraction of sp³-hybridized carbons (Fsp3) is 0.312. The monoisotopic (exact) mass is 256 g/mol. The third kappa shape index (κ3) is 2.15. The second-order valence-electron chi connectivity index (χ2n) is 5.24. The average molecular weight is 256 g/mol. The largest absolute Gasteiger partial charge is 0.323 e. The summed E-state index contributed by atoms with van der Waals surface area (Å²) in [6, 6.07) is 8.96. The zero-order valence-corrected chi connectivity index (χ0v) is 10.9. The molecule has 2 N–H and O–H groups in total. The second kappa shape index (κ2) is 4.74. The van der Waals surface area contributed by atoms with Crippen molar-refractivity contribution in [3.05, 3.63) is 64.7 Å². The van der Waals surface area contributed by atoms with E-state index in [4.69, 9.17) is 5.73 Å². The minimum Gasteiger partial charge on any atom is -0.323 e. The van der Waals surface area contributed by atoms with E-state index in [0.717, 1.165) is 24.1 Å². The summed E-state index contributed by atoms with van der Waals surface area (Å²) in [6.45, 7) is 1.88. The zero-order valence-electron chi connectivity index (χ0n) is 10.9. The zero-order chi connectivity index (χ0) is 13.4. The van der Waals surface area contributed by atoms with Gasteiger partial charge >= 0.3 is 0 Å². The van der Waals surface area contributed by atoms with Gasteiger partial charge in [0.05, 0.1) is 0 Å². The third-order valence-electron chi connectivity index (χ3n) is 3.95. The van der Waals surface area contributed by atoms with E-state index in [-0.39, 0.29) is 17.8 Å². The minimum absolute atomic E-state index is 0.119. The molecule has 0 saturated heterocycles. The maximum Gasteiger partial charge on any atom is 0.128 e. The van der Waals surface area contributed by atoms with E-state index in [0.29, 0.717) is 5.56 Å². The van der Waals surface area contributed by atoms with E-state index in [1.807, 2.05) is 19.1 Å². The van der Waals surface area contributed by atoms with E-state index in [2.05, 4.69) is 11.1 Å². The van der Waals surface area contributed by atoms with Gasteiger partial charge < -0.3 is 5.73 Å². The number of aryl methyl sites for hydroxylation is 2. The molecule has 2 nitrogen and oxygen atoms in total. The Morgan fingerprint density at radius 3 is 3.00 bits per heavy atom. The number of fused-ring (bicyclic) bond motifs is 1. The average Bonchev–Trinajstić information content (AvgIpc) is 2.82. The SMILES string of the molecule is Cc1ccc(C(N)C2CCc3cccnc32)c(F)c1. The number of rotatable bonds is 2. The molecule has 2 unspecified atom stereocenters. The minimum atomic E-state index is -0.322. The molecule has 0 spiro atoms. The molecule has 98 valence electrons. The number of aromatic nitrogens is 1. The van der Waals surface area contributed by atoms with E-state index < -0.39 is 0 Å². The first kappa shape index (κ1) is 12.3. The summed E-state index contributed by atoms with van der Waals surface area (Å²) in [5.41, 5.74) is 10.1. The van der Waals surface area contributed by atoms with Gasteiger partial charge in [0.15, 0.2) is 0 Å². The molecule has 1 aromatic carbocycles. The fourth-order valence-electron chi connectivity index (χ4n) is 2.91. The molecule has 0 fully saturated rings. The maximum atomic E-state index is 14.0. The Morgan fingerprint density at radius 1 is 1.37 bits per heavy atom. The van der Waals surface area contributed by atoms with Crippen LogP contribution in [0.4, 0.5) is 4.39 Å². The van der Waals surface area contributed by atoms with Gasteiger partial charge in [0.1, 0.15) is 5.82 Å². The smallest absolute Gasteiger partial charge is 0.128 e. The Kier molecular flexibility index (Phi) is 3.07. The van der Waals surface area contributed by atoms with Gasteiger partial charge in [-0.15, -0.1) is 0 Å². The number of halogens is 1. The topological polar surface area (TPSA) is 38.9 Å². The van der Waals surface area contributed by atoms with Crippen LogP contribution in [0.25, 0.3) is 0 Å². The van der Waals surface area contributed by atoms with Crippen molar-refractivity contribution in [3.8, 4) is 0 Å². The van der Waals surface area contributed by atoms with Crippen molar-refractivity contribution in [1.29, 1.82) is 0 Å². The summed E-state index contributed by atoms with van der Waals surface area (Å²) >= 11 is 0. The summed E-state index contributed by atoms with van der Waals surface area (Å²) in [7, 11) is 0. The van der Waals surface area contributed by atoms with Crippen molar-refractivity contribution in [2.75, 3.05) is 0 Å². The molecule has 1 aliphatic carbocycles. The molecule has 3 rings (SSSR count). The Hall–Kier alpha value is -1.74.